The van der Waals surface area contributed by atoms with Gasteiger partial charge in [0.25, 0.3) is 0 Å². The van der Waals surface area contributed by atoms with Crippen LogP contribution in [0.5, 0.6) is 0 Å². The van der Waals surface area contributed by atoms with E-state index in [0.717, 1.165) is 69.6 Å². The van der Waals surface area contributed by atoms with Gasteiger partial charge in [0.15, 0.2) is 6.10 Å². The third kappa shape index (κ3) is 37.7. The number of unbranched alkanes of at least 4 members (excludes halogenated alkanes) is 23. The van der Waals surface area contributed by atoms with Gasteiger partial charge in [-0.25, -0.2) is 0 Å². The second-order valence-corrected chi connectivity index (χ2v) is 15.9. The van der Waals surface area contributed by atoms with Gasteiger partial charge in [0.1, 0.15) is 13.2 Å². The average molecular weight is 709 g/mol. The van der Waals surface area contributed by atoms with Gasteiger partial charge < -0.3 is 14.2 Å². The van der Waals surface area contributed by atoms with Gasteiger partial charge in [0.05, 0.1) is 0 Å². The minimum absolute atomic E-state index is 0.0660. The molecule has 0 aromatic heterocycles. The summed E-state index contributed by atoms with van der Waals surface area (Å²) in [5.74, 6) is 0.723. The molecule has 0 heterocycles. The lowest BCUT2D eigenvalue weighted by Gasteiger charge is -2.18. The van der Waals surface area contributed by atoms with Crippen LogP contribution in [0.4, 0.5) is 0 Å². The molecule has 0 aromatic carbocycles. The Morgan fingerprint density at radius 1 is 0.380 bits per heavy atom. The lowest BCUT2D eigenvalue weighted by Crippen LogP contribution is -2.30. The van der Waals surface area contributed by atoms with Gasteiger partial charge in [-0.2, -0.15) is 0 Å². The lowest BCUT2D eigenvalue weighted by atomic mass is 10.0. The molecular formula is C44H84O6. The van der Waals surface area contributed by atoms with Crippen molar-refractivity contribution in [2.45, 2.75) is 240 Å². The maximum Gasteiger partial charge on any atom is 0.306 e. The minimum Gasteiger partial charge on any atom is -0.462 e. The van der Waals surface area contributed by atoms with Crippen LogP contribution in [0.1, 0.15) is 234 Å². The number of carbonyl (C=O) groups is 3. The monoisotopic (exact) mass is 709 g/mol. The molecule has 296 valence electrons. The van der Waals surface area contributed by atoms with Crippen LogP contribution in [0, 0.1) is 11.8 Å². The zero-order valence-corrected chi connectivity index (χ0v) is 34.0. The van der Waals surface area contributed by atoms with E-state index in [4.69, 9.17) is 14.2 Å². The van der Waals surface area contributed by atoms with Crippen LogP contribution >= 0.6 is 0 Å². The molecule has 0 unspecified atom stereocenters. The third-order valence-electron chi connectivity index (χ3n) is 9.72. The molecule has 50 heavy (non-hydrogen) atoms. The summed E-state index contributed by atoms with van der Waals surface area (Å²) < 4.78 is 16.6. The number of esters is 3. The van der Waals surface area contributed by atoms with Crippen LogP contribution in [-0.2, 0) is 28.6 Å². The molecule has 0 N–H and O–H groups in total. The summed E-state index contributed by atoms with van der Waals surface area (Å²) in [6.45, 7) is 11.2. The number of hydrogen-bond donors (Lipinski definition) is 0. The van der Waals surface area contributed by atoms with Gasteiger partial charge in [-0.1, -0.05) is 195 Å². The van der Waals surface area contributed by atoms with E-state index in [0.29, 0.717) is 19.3 Å². The number of hydrogen-bond acceptors (Lipinski definition) is 6. The van der Waals surface area contributed by atoms with Crippen molar-refractivity contribution in [3.63, 3.8) is 0 Å². The summed E-state index contributed by atoms with van der Waals surface area (Å²) in [5, 5.41) is 0. The van der Waals surface area contributed by atoms with E-state index in [1.165, 1.54) is 122 Å². The van der Waals surface area contributed by atoms with Crippen LogP contribution in [-0.4, -0.2) is 37.2 Å². The highest BCUT2D eigenvalue weighted by Gasteiger charge is 2.19. The topological polar surface area (TPSA) is 78.9 Å². The molecule has 0 aliphatic heterocycles. The molecular weight excluding hydrogens is 624 g/mol. The van der Waals surface area contributed by atoms with E-state index in [2.05, 4.69) is 34.6 Å². The van der Waals surface area contributed by atoms with Gasteiger partial charge in [0, 0.05) is 19.3 Å². The summed E-state index contributed by atoms with van der Waals surface area (Å²) in [4.78, 5) is 37.5. The summed E-state index contributed by atoms with van der Waals surface area (Å²) in [7, 11) is 0. The fourth-order valence-corrected chi connectivity index (χ4v) is 6.40. The van der Waals surface area contributed by atoms with Gasteiger partial charge in [0.2, 0.25) is 0 Å². The first-order valence-corrected chi connectivity index (χ1v) is 21.7. The third-order valence-corrected chi connectivity index (χ3v) is 9.72. The molecule has 1 atom stereocenters. The van der Waals surface area contributed by atoms with Gasteiger partial charge >= 0.3 is 17.9 Å². The van der Waals surface area contributed by atoms with E-state index in [9.17, 15) is 14.4 Å². The molecule has 0 fully saturated rings. The predicted octanol–water partition coefficient (Wildman–Crippen LogP) is 13.4. The van der Waals surface area contributed by atoms with E-state index in [-0.39, 0.29) is 31.1 Å². The van der Waals surface area contributed by atoms with Gasteiger partial charge in [-0.3, -0.25) is 14.4 Å². The zero-order valence-electron chi connectivity index (χ0n) is 34.0. The normalized spacial score (nSPS) is 12.1. The Morgan fingerprint density at radius 2 is 0.660 bits per heavy atom. The molecule has 0 saturated carbocycles. The minimum atomic E-state index is -0.759. The molecule has 6 heteroatoms. The largest absolute Gasteiger partial charge is 0.462 e. The van der Waals surface area contributed by atoms with Crippen molar-refractivity contribution in [1.82, 2.24) is 0 Å². The Balaban J connectivity index is 4.29. The fourth-order valence-electron chi connectivity index (χ4n) is 6.40. The van der Waals surface area contributed by atoms with Crippen molar-refractivity contribution in [2.75, 3.05) is 13.2 Å². The first-order chi connectivity index (χ1) is 24.2. The second kappa shape index (κ2) is 37.2. The Hall–Kier alpha value is -1.59. The van der Waals surface area contributed by atoms with Gasteiger partial charge in [-0.05, 0) is 31.1 Å². The zero-order chi connectivity index (χ0) is 36.9. The van der Waals surface area contributed by atoms with Crippen LogP contribution in [0.25, 0.3) is 0 Å². The summed E-state index contributed by atoms with van der Waals surface area (Å²) >= 11 is 0. The molecule has 0 saturated heterocycles. The Kier molecular flexibility index (Phi) is 36.0. The highest BCUT2D eigenvalue weighted by molar-refractivity contribution is 5.71. The summed E-state index contributed by atoms with van der Waals surface area (Å²) in [5.41, 5.74) is 0. The molecule has 0 aliphatic rings. The average Bonchev–Trinajstić information content (AvgIpc) is 3.08. The number of rotatable bonds is 38. The molecule has 0 aromatic rings. The first kappa shape index (κ1) is 48.4. The molecule has 0 bridgehead atoms. The SMILES string of the molecule is CCCCCCCCCCCC(=O)O[C@@H](COC(=O)CCCCCCCCCCCCCC(C)C)COC(=O)CCCCCCCCC(C)C. The highest BCUT2D eigenvalue weighted by atomic mass is 16.6. The smallest absolute Gasteiger partial charge is 0.306 e. The van der Waals surface area contributed by atoms with Crippen molar-refractivity contribution >= 4 is 17.9 Å². The maximum atomic E-state index is 12.6. The standard InChI is InChI=1S/C44H84O6/c1-6-7-8-9-10-14-19-26-31-36-44(47)50-41(38-49-43(46)35-30-25-21-20-23-28-33-40(4)5)37-48-42(45)34-29-24-18-16-13-11-12-15-17-22-27-32-39(2)3/h39-41H,6-38H2,1-5H3/t41-/m0/s1. The van der Waals surface area contributed by atoms with Crippen molar-refractivity contribution in [1.29, 1.82) is 0 Å². The number of ether oxygens (including phenoxy) is 3. The van der Waals surface area contributed by atoms with Crippen LogP contribution in [0.3, 0.4) is 0 Å². The molecule has 0 spiro atoms. The van der Waals surface area contributed by atoms with E-state index >= 15 is 0 Å². The van der Waals surface area contributed by atoms with Crippen LogP contribution < -0.4 is 0 Å². The molecule has 6 nitrogen and oxygen atoms in total. The summed E-state index contributed by atoms with van der Waals surface area (Å²) in [6, 6.07) is 0. The van der Waals surface area contributed by atoms with Crippen molar-refractivity contribution in [3.05, 3.63) is 0 Å². The quantitative estimate of drug-likeness (QED) is 0.0361. The van der Waals surface area contributed by atoms with Gasteiger partial charge in [-0.15, -0.1) is 0 Å². The van der Waals surface area contributed by atoms with E-state index < -0.39 is 6.10 Å². The maximum absolute atomic E-state index is 12.6. The highest BCUT2D eigenvalue weighted by Crippen LogP contribution is 2.16. The second-order valence-electron chi connectivity index (χ2n) is 15.9. The van der Waals surface area contributed by atoms with Crippen molar-refractivity contribution < 1.29 is 28.6 Å². The van der Waals surface area contributed by atoms with E-state index in [1.807, 2.05) is 0 Å². The summed E-state index contributed by atoms with van der Waals surface area (Å²) in [6.07, 6.45) is 33.9. The van der Waals surface area contributed by atoms with Crippen LogP contribution in [0.2, 0.25) is 0 Å². The molecule has 0 amide bonds. The predicted molar refractivity (Wildman–Crippen MR) is 210 cm³/mol. The lowest BCUT2D eigenvalue weighted by molar-refractivity contribution is -0.167. The van der Waals surface area contributed by atoms with Crippen LogP contribution in [0.15, 0.2) is 0 Å². The van der Waals surface area contributed by atoms with Crippen molar-refractivity contribution in [3.8, 4) is 0 Å². The van der Waals surface area contributed by atoms with Crippen molar-refractivity contribution in [2.24, 2.45) is 11.8 Å². The Labute approximate surface area is 310 Å². The molecule has 0 radical (unpaired) electrons. The Bertz CT molecular complexity index is 764. The first-order valence-electron chi connectivity index (χ1n) is 21.7. The van der Waals surface area contributed by atoms with E-state index in [1.54, 1.807) is 0 Å². The number of carbonyl (C=O) groups excluding carboxylic acids is 3. The Morgan fingerprint density at radius 3 is 0.980 bits per heavy atom. The fraction of sp³-hybridized carbons (Fsp3) is 0.932. The molecule has 0 aliphatic carbocycles. The molecule has 0 rings (SSSR count).